The second-order valence-corrected chi connectivity index (χ2v) is 7.59. The Morgan fingerprint density at radius 3 is 2.35 bits per heavy atom. The Balaban J connectivity index is 1.98. The Morgan fingerprint density at radius 1 is 1.08 bits per heavy atom. The van der Waals surface area contributed by atoms with Crippen LogP contribution < -0.4 is 4.72 Å². The lowest BCUT2D eigenvalue weighted by Gasteiger charge is -2.11. The second kappa shape index (κ2) is 7.09. The molecule has 26 heavy (non-hydrogen) atoms. The van der Waals surface area contributed by atoms with Crippen LogP contribution >= 0.6 is 0 Å². The molecule has 0 bridgehead atoms. The van der Waals surface area contributed by atoms with Crippen LogP contribution in [-0.4, -0.2) is 29.2 Å². The molecule has 2 aromatic carbocycles. The molecule has 1 heterocycles. The van der Waals surface area contributed by atoms with E-state index in [0.29, 0.717) is 0 Å². The van der Waals surface area contributed by atoms with E-state index in [0.717, 1.165) is 11.1 Å². The lowest BCUT2D eigenvalue weighted by Crippen LogP contribution is -2.18. The van der Waals surface area contributed by atoms with Crippen LogP contribution in [0.3, 0.4) is 0 Å². The minimum absolute atomic E-state index is 0.0170. The number of nitrogens with zero attached hydrogens (tertiary/aromatic N) is 3. The highest BCUT2D eigenvalue weighted by Crippen LogP contribution is 2.20. The molecule has 7 nitrogen and oxygen atoms in total. The first-order chi connectivity index (χ1) is 12.4. The monoisotopic (exact) mass is 370 g/mol. The summed E-state index contributed by atoms with van der Waals surface area (Å²) >= 11 is 0. The van der Waals surface area contributed by atoms with E-state index >= 15 is 0 Å². The third-order valence-corrected chi connectivity index (χ3v) is 5.16. The second-order valence-electron chi connectivity index (χ2n) is 5.90. The first-order valence-electron chi connectivity index (χ1n) is 7.94. The number of ketones is 1. The summed E-state index contributed by atoms with van der Waals surface area (Å²) in [6.07, 6.45) is 0. The van der Waals surface area contributed by atoms with Gasteiger partial charge in [-0.1, -0.05) is 53.2 Å². The number of anilines is 1. The van der Waals surface area contributed by atoms with Crippen molar-refractivity contribution in [2.24, 2.45) is 0 Å². The molecule has 8 heteroatoms. The van der Waals surface area contributed by atoms with Crippen LogP contribution in [-0.2, 0) is 16.6 Å². The van der Waals surface area contributed by atoms with Gasteiger partial charge in [0.2, 0.25) is 0 Å². The Hall–Kier alpha value is -3.00. The number of aromatic nitrogens is 3. The van der Waals surface area contributed by atoms with Crippen molar-refractivity contribution in [2.75, 3.05) is 4.72 Å². The summed E-state index contributed by atoms with van der Waals surface area (Å²) in [6, 6.07) is 15.8. The Bertz CT molecular complexity index is 1030. The Morgan fingerprint density at radius 2 is 1.73 bits per heavy atom. The molecule has 0 spiro atoms. The molecular weight excluding hydrogens is 352 g/mol. The number of hydrogen-bond donors (Lipinski definition) is 1. The maximum atomic E-state index is 12.7. The van der Waals surface area contributed by atoms with E-state index in [1.54, 1.807) is 12.1 Å². The molecule has 0 saturated carbocycles. The van der Waals surface area contributed by atoms with Gasteiger partial charge in [0, 0.05) is 6.92 Å². The van der Waals surface area contributed by atoms with Crippen molar-refractivity contribution in [3.05, 3.63) is 71.4 Å². The van der Waals surface area contributed by atoms with Gasteiger partial charge in [0.1, 0.15) is 0 Å². The molecule has 0 aliphatic heterocycles. The summed E-state index contributed by atoms with van der Waals surface area (Å²) in [6.45, 7) is 3.48. The first-order valence-corrected chi connectivity index (χ1v) is 9.43. The number of benzene rings is 2. The van der Waals surface area contributed by atoms with Gasteiger partial charge in [-0.3, -0.25) is 9.52 Å². The average Bonchev–Trinajstić information content (AvgIpc) is 2.98. The highest BCUT2D eigenvalue weighted by molar-refractivity contribution is 7.92. The quantitative estimate of drug-likeness (QED) is 0.673. The Labute approximate surface area is 151 Å². The van der Waals surface area contributed by atoms with E-state index in [1.165, 1.54) is 23.7 Å². The lowest BCUT2D eigenvalue weighted by atomic mass is 10.2. The molecule has 3 aromatic rings. The molecule has 0 atom stereocenters. The third-order valence-electron chi connectivity index (χ3n) is 3.81. The zero-order valence-corrected chi connectivity index (χ0v) is 15.2. The van der Waals surface area contributed by atoms with Crippen molar-refractivity contribution in [1.29, 1.82) is 0 Å². The molecule has 0 radical (unpaired) electrons. The van der Waals surface area contributed by atoms with Crippen molar-refractivity contribution in [3.63, 3.8) is 0 Å². The van der Waals surface area contributed by atoms with Crippen molar-refractivity contribution >= 4 is 21.6 Å². The SMILES string of the molecule is CC(=O)c1nnn(Cc2ccccc2)c1NS(=O)(=O)c1ccc(C)cc1. The highest BCUT2D eigenvalue weighted by Gasteiger charge is 2.23. The van der Waals surface area contributed by atoms with Crippen molar-refractivity contribution in [2.45, 2.75) is 25.3 Å². The maximum Gasteiger partial charge on any atom is 0.263 e. The van der Waals surface area contributed by atoms with Gasteiger partial charge in [-0.15, -0.1) is 5.10 Å². The third kappa shape index (κ3) is 3.80. The van der Waals surface area contributed by atoms with Crippen molar-refractivity contribution in [3.8, 4) is 0 Å². The maximum absolute atomic E-state index is 12.7. The van der Waals surface area contributed by atoms with Gasteiger partial charge in [-0.05, 0) is 24.6 Å². The number of Topliss-reactive ketones (excluding diaryl/α,β-unsaturated/α-hetero) is 1. The fourth-order valence-electron chi connectivity index (χ4n) is 2.42. The Kier molecular flexibility index (Phi) is 4.85. The molecule has 1 N–H and O–H groups in total. The molecule has 0 aliphatic rings. The standard InChI is InChI=1S/C18H18N4O3S/c1-13-8-10-16(11-9-13)26(24,25)20-18-17(14(2)23)19-21-22(18)12-15-6-4-3-5-7-15/h3-11,20H,12H2,1-2H3. The van der Waals surface area contributed by atoms with E-state index in [2.05, 4.69) is 15.0 Å². The predicted octanol–water partition coefficient (Wildman–Crippen LogP) is 2.64. The fraction of sp³-hybridized carbons (Fsp3) is 0.167. The van der Waals surface area contributed by atoms with Crippen LogP contribution in [0.2, 0.25) is 0 Å². The first kappa shape index (κ1) is 17.8. The van der Waals surface area contributed by atoms with E-state index < -0.39 is 10.0 Å². The van der Waals surface area contributed by atoms with Gasteiger partial charge in [0.05, 0.1) is 11.4 Å². The van der Waals surface area contributed by atoms with Crippen LogP contribution in [0.15, 0.2) is 59.5 Å². The predicted molar refractivity (Wildman–Crippen MR) is 97.6 cm³/mol. The highest BCUT2D eigenvalue weighted by atomic mass is 32.2. The summed E-state index contributed by atoms with van der Waals surface area (Å²) in [7, 11) is -3.87. The zero-order valence-electron chi connectivity index (χ0n) is 14.4. The molecule has 0 saturated heterocycles. The van der Waals surface area contributed by atoms with E-state index in [4.69, 9.17) is 0 Å². The summed E-state index contributed by atoms with van der Waals surface area (Å²) in [4.78, 5) is 12.0. The van der Waals surface area contributed by atoms with Crippen LogP contribution in [0.1, 0.15) is 28.5 Å². The summed E-state index contributed by atoms with van der Waals surface area (Å²) in [5, 5.41) is 7.78. The number of sulfonamides is 1. The number of nitrogens with one attached hydrogen (secondary N) is 1. The molecule has 0 aliphatic carbocycles. The van der Waals surface area contributed by atoms with E-state index in [9.17, 15) is 13.2 Å². The van der Waals surface area contributed by atoms with Gasteiger partial charge in [-0.2, -0.15) is 0 Å². The van der Waals surface area contributed by atoms with Crippen molar-refractivity contribution in [1.82, 2.24) is 15.0 Å². The normalized spacial score (nSPS) is 11.3. The van der Waals surface area contributed by atoms with E-state index in [1.807, 2.05) is 37.3 Å². The number of carbonyl (C=O) groups is 1. The van der Waals surface area contributed by atoms with Gasteiger partial charge in [0.15, 0.2) is 17.3 Å². The van der Waals surface area contributed by atoms with Gasteiger partial charge < -0.3 is 0 Å². The molecule has 3 rings (SSSR count). The zero-order chi connectivity index (χ0) is 18.7. The molecular formula is C18H18N4O3S. The minimum Gasteiger partial charge on any atom is -0.293 e. The topological polar surface area (TPSA) is 93.9 Å². The summed E-state index contributed by atoms with van der Waals surface area (Å²) in [5.74, 6) is -0.312. The lowest BCUT2D eigenvalue weighted by molar-refractivity contribution is 0.101. The van der Waals surface area contributed by atoms with Gasteiger partial charge in [-0.25, -0.2) is 13.1 Å². The molecule has 0 fully saturated rings. The minimum atomic E-state index is -3.87. The van der Waals surface area contributed by atoms with Gasteiger partial charge >= 0.3 is 0 Å². The van der Waals surface area contributed by atoms with Crippen LogP contribution in [0.5, 0.6) is 0 Å². The molecule has 0 amide bonds. The number of rotatable bonds is 6. The van der Waals surface area contributed by atoms with E-state index in [-0.39, 0.29) is 28.7 Å². The van der Waals surface area contributed by atoms with Crippen LogP contribution in [0.4, 0.5) is 5.82 Å². The molecule has 134 valence electrons. The summed E-state index contributed by atoms with van der Waals surface area (Å²) in [5.41, 5.74) is 1.84. The van der Waals surface area contributed by atoms with Crippen molar-refractivity contribution < 1.29 is 13.2 Å². The largest absolute Gasteiger partial charge is 0.293 e. The average molecular weight is 370 g/mol. The summed E-state index contributed by atoms with van der Waals surface area (Å²) < 4.78 is 29.2. The number of carbonyl (C=O) groups excluding carboxylic acids is 1. The molecule has 0 unspecified atom stereocenters. The van der Waals surface area contributed by atoms with Crippen LogP contribution in [0.25, 0.3) is 0 Å². The smallest absolute Gasteiger partial charge is 0.263 e. The molecule has 1 aromatic heterocycles. The number of hydrogen-bond acceptors (Lipinski definition) is 5. The number of aryl methyl sites for hydroxylation is 1. The van der Waals surface area contributed by atoms with Crippen LogP contribution in [0, 0.1) is 6.92 Å². The van der Waals surface area contributed by atoms with Gasteiger partial charge in [0.25, 0.3) is 10.0 Å². The fourth-order valence-corrected chi connectivity index (χ4v) is 3.49.